The molecule has 35 heavy (non-hydrogen) atoms. The van der Waals surface area contributed by atoms with E-state index in [9.17, 15) is 9.59 Å². The molecule has 3 heterocycles. The number of hydrogen-bond donors (Lipinski definition) is 2. The van der Waals surface area contributed by atoms with E-state index in [0.29, 0.717) is 17.2 Å². The predicted octanol–water partition coefficient (Wildman–Crippen LogP) is 5.32. The lowest BCUT2D eigenvalue weighted by atomic mass is 10.1. The number of aromatic nitrogens is 2. The summed E-state index contributed by atoms with van der Waals surface area (Å²) in [5.41, 5.74) is 5.55. The van der Waals surface area contributed by atoms with Gasteiger partial charge in [-0.05, 0) is 60.9 Å². The lowest BCUT2D eigenvalue weighted by molar-refractivity contribution is -0.117. The molecule has 0 atom stereocenters. The Kier molecular flexibility index (Phi) is 5.42. The Morgan fingerprint density at radius 2 is 1.77 bits per heavy atom. The van der Waals surface area contributed by atoms with Crippen molar-refractivity contribution in [2.45, 2.75) is 12.8 Å². The van der Waals surface area contributed by atoms with Gasteiger partial charge in [-0.1, -0.05) is 41.7 Å². The molecule has 2 N–H and O–H groups in total. The van der Waals surface area contributed by atoms with E-state index in [1.807, 2.05) is 66.7 Å². The van der Waals surface area contributed by atoms with Gasteiger partial charge < -0.3 is 10.6 Å². The Labute approximate surface area is 205 Å². The molecule has 2 aromatic heterocycles. The molecule has 7 nitrogen and oxygen atoms in total. The number of hydrogen-bond acceptors (Lipinski definition) is 6. The standard InChI is InChI=1S/C27H21N5O2S/c33-24(17-6-7-17)32-27-31-23-13-12-22(30-26(23)35-27)18-3-1-4-19(15-18)25(34)29-20-10-8-16(9-11-20)21-5-2-14-28-21/h1-5,8-13,15,17H,6-7,14H2,(H,29,34)(H,31,32,33). The summed E-state index contributed by atoms with van der Waals surface area (Å²) >= 11 is 1.36. The zero-order valence-corrected chi connectivity index (χ0v) is 19.5. The first-order valence-corrected chi connectivity index (χ1v) is 12.3. The number of rotatable bonds is 6. The molecule has 2 aromatic carbocycles. The van der Waals surface area contributed by atoms with E-state index in [-0.39, 0.29) is 17.7 Å². The van der Waals surface area contributed by atoms with Crippen molar-refractivity contribution in [3.05, 3.63) is 83.9 Å². The number of carbonyl (C=O) groups is 2. The minimum absolute atomic E-state index is 0.0294. The fourth-order valence-electron chi connectivity index (χ4n) is 3.89. The number of nitrogens with one attached hydrogen (secondary N) is 2. The van der Waals surface area contributed by atoms with Gasteiger partial charge in [-0.3, -0.25) is 14.6 Å². The summed E-state index contributed by atoms with van der Waals surface area (Å²) in [6, 6.07) is 18.8. The zero-order chi connectivity index (χ0) is 23.8. The first-order chi connectivity index (χ1) is 17.1. The molecule has 0 saturated heterocycles. The molecule has 172 valence electrons. The van der Waals surface area contributed by atoms with Gasteiger partial charge in [0.15, 0.2) is 5.13 Å². The first kappa shape index (κ1) is 21.4. The van der Waals surface area contributed by atoms with E-state index in [1.54, 1.807) is 6.07 Å². The highest BCUT2D eigenvalue weighted by molar-refractivity contribution is 7.22. The van der Waals surface area contributed by atoms with Crippen molar-refractivity contribution in [1.82, 2.24) is 9.97 Å². The number of pyridine rings is 1. The van der Waals surface area contributed by atoms with E-state index in [4.69, 9.17) is 4.98 Å². The van der Waals surface area contributed by atoms with E-state index < -0.39 is 0 Å². The van der Waals surface area contributed by atoms with Crippen molar-refractivity contribution in [1.29, 1.82) is 0 Å². The van der Waals surface area contributed by atoms with E-state index in [0.717, 1.165) is 51.4 Å². The van der Waals surface area contributed by atoms with Crippen LogP contribution in [0.5, 0.6) is 0 Å². The highest BCUT2D eigenvalue weighted by atomic mass is 32.1. The van der Waals surface area contributed by atoms with Gasteiger partial charge in [0.2, 0.25) is 5.91 Å². The van der Waals surface area contributed by atoms with Gasteiger partial charge in [0.25, 0.3) is 5.91 Å². The van der Waals surface area contributed by atoms with Crippen LogP contribution in [-0.2, 0) is 4.79 Å². The minimum atomic E-state index is -0.193. The van der Waals surface area contributed by atoms with Crippen molar-refractivity contribution in [2.24, 2.45) is 10.9 Å². The third-order valence-electron chi connectivity index (χ3n) is 5.94. The molecule has 4 aromatic rings. The molecule has 0 unspecified atom stereocenters. The number of carbonyl (C=O) groups excluding carboxylic acids is 2. The maximum atomic E-state index is 12.9. The van der Waals surface area contributed by atoms with Crippen LogP contribution in [0.3, 0.4) is 0 Å². The van der Waals surface area contributed by atoms with Gasteiger partial charge in [0.05, 0.1) is 18.0 Å². The SMILES string of the molecule is O=C(Nc1ccc(C2=NCC=C2)cc1)c1cccc(-c2ccc3nc(NC(=O)C4CC4)sc3n2)c1. The smallest absolute Gasteiger partial charge is 0.255 e. The average molecular weight is 480 g/mol. The van der Waals surface area contributed by atoms with Gasteiger partial charge in [0, 0.05) is 22.7 Å². The van der Waals surface area contributed by atoms with Crippen LogP contribution >= 0.6 is 11.3 Å². The number of aliphatic imine (C=N–C) groups is 1. The number of benzene rings is 2. The second kappa shape index (κ2) is 8.88. The van der Waals surface area contributed by atoms with Gasteiger partial charge in [-0.15, -0.1) is 0 Å². The number of amides is 2. The number of allylic oxidation sites excluding steroid dienone is 1. The summed E-state index contributed by atoms with van der Waals surface area (Å²) in [4.78, 5) is 39.3. The highest BCUT2D eigenvalue weighted by Gasteiger charge is 2.30. The molecule has 0 spiro atoms. The van der Waals surface area contributed by atoms with Gasteiger partial charge in [-0.2, -0.15) is 0 Å². The maximum Gasteiger partial charge on any atom is 0.255 e. The van der Waals surface area contributed by atoms with Gasteiger partial charge in [0.1, 0.15) is 10.3 Å². The summed E-state index contributed by atoms with van der Waals surface area (Å²) in [5.74, 6) is -0.0420. The van der Waals surface area contributed by atoms with Crippen molar-refractivity contribution >= 4 is 50.0 Å². The van der Waals surface area contributed by atoms with Crippen LogP contribution in [0.25, 0.3) is 21.6 Å². The van der Waals surface area contributed by atoms with Gasteiger partial charge >= 0.3 is 0 Å². The van der Waals surface area contributed by atoms with Crippen LogP contribution in [0.4, 0.5) is 10.8 Å². The van der Waals surface area contributed by atoms with Crippen LogP contribution in [0.2, 0.25) is 0 Å². The van der Waals surface area contributed by atoms with Crippen molar-refractivity contribution < 1.29 is 9.59 Å². The Bertz CT molecular complexity index is 1520. The van der Waals surface area contributed by atoms with E-state index >= 15 is 0 Å². The van der Waals surface area contributed by atoms with Gasteiger partial charge in [-0.25, -0.2) is 9.97 Å². The van der Waals surface area contributed by atoms with Crippen molar-refractivity contribution in [3.63, 3.8) is 0 Å². The summed E-state index contributed by atoms with van der Waals surface area (Å²) in [6.07, 6.45) is 5.91. The number of nitrogens with zero attached hydrogens (tertiary/aromatic N) is 3. The molecule has 2 amide bonds. The average Bonchev–Trinajstić information content (AvgIpc) is 3.44. The Balaban J connectivity index is 1.18. The fourth-order valence-corrected chi connectivity index (χ4v) is 4.73. The minimum Gasteiger partial charge on any atom is -0.322 e. The third kappa shape index (κ3) is 4.61. The fraction of sp³-hybridized carbons (Fsp3) is 0.148. The molecule has 1 saturated carbocycles. The summed E-state index contributed by atoms with van der Waals surface area (Å²) < 4.78 is 0. The van der Waals surface area contributed by atoms with Crippen molar-refractivity contribution in [3.8, 4) is 11.3 Å². The number of thiazole rings is 1. The predicted molar refractivity (Wildman–Crippen MR) is 139 cm³/mol. The van der Waals surface area contributed by atoms with Crippen LogP contribution in [-0.4, -0.2) is 34.0 Å². The Morgan fingerprint density at radius 1 is 0.914 bits per heavy atom. The first-order valence-electron chi connectivity index (χ1n) is 11.4. The number of fused-ring (bicyclic) bond motifs is 1. The highest BCUT2D eigenvalue weighted by Crippen LogP contribution is 2.32. The van der Waals surface area contributed by atoms with E-state index in [2.05, 4.69) is 20.6 Å². The summed E-state index contributed by atoms with van der Waals surface area (Å²) in [7, 11) is 0. The molecule has 0 radical (unpaired) electrons. The molecule has 6 rings (SSSR count). The quantitative estimate of drug-likeness (QED) is 0.391. The molecule has 8 heteroatoms. The molecule has 1 fully saturated rings. The van der Waals surface area contributed by atoms with Crippen LogP contribution in [0.15, 0.2) is 77.8 Å². The number of anilines is 2. The Morgan fingerprint density at radius 3 is 2.54 bits per heavy atom. The van der Waals surface area contributed by atoms with E-state index in [1.165, 1.54) is 11.3 Å². The van der Waals surface area contributed by atoms with Crippen molar-refractivity contribution in [2.75, 3.05) is 17.2 Å². The zero-order valence-electron chi connectivity index (χ0n) is 18.7. The lowest BCUT2D eigenvalue weighted by Crippen LogP contribution is -2.12. The summed E-state index contributed by atoms with van der Waals surface area (Å²) in [5, 5.41) is 6.41. The molecule has 2 aliphatic rings. The molecule has 0 bridgehead atoms. The largest absolute Gasteiger partial charge is 0.322 e. The lowest BCUT2D eigenvalue weighted by Gasteiger charge is -2.08. The molecule has 1 aliphatic carbocycles. The van der Waals surface area contributed by atoms with Crippen LogP contribution in [0.1, 0.15) is 28.8 Å². The third-order valence-corrected chi connectivity index (χ3v) is 6.82. The summed E-state index contributed by atoms with van der Waals surface area (Å²) in [6.45, 7) is 0.715. The topological polar surface area (TPSA) is 96.3 Å². The molecular formula is C27H21N5O2S. The monoisotopic (exact) mass is 479 g/mol. The second-order valence-electron chi connectivity index (χ2n) is 8.54. The second-order valence-corrected chi connectivity index (χ2v) is 9.52. The van der Waals surface area contributed by atoms with Crippen LogP contribution in [0, 0.1) is 5.92 Å². The normalized spacial score (nSPS) is 14.7. The molecule has 1 aliphatic heterocycles. The molecular weight excluding hydrogens is 458 g/mol. The van der Waals surface area contributed by atoms with Crippen LogP contribution < -0.4 is 10.6 Å². The Hall–Kier alpha value is -4.17. The maximum absolute atomic E-state index is 12.9.